The molecule has 1 saturated heterocycles. The number of rotatable bonds is 4. The first-order chi connectivity index (χ1) is 10.2. The lowest BCUT2D eigenvalue weighted by molar-refractivity contribution is 0.0993. The molecular weight excluding hydrogens is 280 g/mol. The van der Waals surface area contributed by atoms with Crippen LogP contribution in [-0.4, -0.2) is 18.9 Å². The maximum Gasteiger partial charge on any atom is 0.174 e. The minimum atomic E-state index is 0.206. The SMILES string of the molecule is CCC(=O)c1sc(N2CCCCCCC2)c(C2CC2)c1N. The van der Waals surface area contributed by atoms with Gasteiger partial charge in [0.05, 0.1) is 15.6 Å². The molecule has 1 aliphatic carbocycles. The summed E-state index contributed by atoms with van der Waals surface area (Å²) in [6, 6.07) is 0. The van der Waals surface area contributed by atoms with Crippen molar-refractivity contribution in [2.45, 2.75) is 64.2 Å². The van der Waals surface area contributed by atoms with Gasteiger partial charge in [-0.1, -0.05) is 26.2 Å². The van der Waals surface area contributed by atoms with E-state index < -0.39 is 0 Å². The van der Waals surface area contributed by atoms with Gasteiger partial charge in [-0.05, 0) is 31.6 Å². The molecule has 2 heterocycles. The number of Topliss-reactive ketones (excluding diaryl/α,β-unsaturated/α-hetero) is 1. The molecule has 0 bridgehead atoms. The summed E-state index contributed by atoms with van der Waals surface area (Å²) in [5.74, 6) is 0.817. The fourth-order valence-corrected chi connectivity index (χ4v) is 4.63. The van der Waals surface area contributed by atoms with Crippen LogP contribution >= 0.6 is 11.3 Å². The first-order valence-corrected chi connectivity index (χ1v) is 9.24. The number of thiophene rings is 1. The largest absolute Gasteiger partial charge is 0.397 e. The van der Waals surface area contributed by atoms with Crippen LogP contribution in [0, 0.1) is 0 Å². The molecular formula is C17H26N2OS. The fourth-order valence-electron chi connectivity index (χ4n) is 3.26. The van der Waals surface area contributed by atoms with Crippen molar-refractivity contribution in [2.24, 2.45) is 0 Å². The van der Waals surface area contributed by atoms with E-state index in [2.05, 4.69) is 4.90 Å². The minimum Gasteiger partial charge on any atom is -0.397 e. The standard InChI is InChI=1S/C17H26N2OS/c1-2-13(20)16-15(18)14(12-8-9-12)17(21-16)19-10-6-4-3-5-7-11-19/h12H,2-11,18H2,1H3. The molecule has 4 heteroatoms. The van der Waals surface area contributed by atoms with Gasteiger partial charge in [0, 0.05) is 25.1 Å². The van der Waals surface area contributed by atoms with Gasteiger partial charge in [-0.15, -0.1) is 11.3 Å². The summed E-state index contributed by atoms with van der Waals surface area (Å²) in [5, 5.41) is 1.31. The third-order valence-electron chi connectivity index (χ3n) is 4.67. The molecule has 116 valence electrons. The van der Waals surface area contributed by atoms with Gasteiger partial charge in [-0.25, -0.2) is 0 Å². The number of hydrogen-bond acceptors (Lipinski definition) is 4. The lowest BCUT2D eigenvalue weighted by atomic mass is 10.1. The highest BCUT2D eigenvalue weighted by Crippen LogP contribution is 2.52. The van der Waals surface area contributed by atoms with Crippen molar-refractivity contribution >= 4 is 27.8 Å². The van der Waals surface area contributed by atoms with Gasteiger partial charge in [0.15, 0.2) is 5.78 Å². The molecule has 0 atom stereocenters. The molecule has 2 fully saturated rings. The molecule has 0 spiro atoms. The summed E-state index contributed by atoms with van der Waals surface area (Å²) in [4.78, 5) is 15.5. The second kappa shape index (κ2) is 6.39. The highest BCUT2D eigenvalue weighted by molar-refractivity contribution is 7.19. The third-order valence-corrected chi connectivity index (χ3v) is 5.99. The number of anilines is 2. The normalized spacial score (nSPS) is 20.1. The van der Waals surface area contributed by atoms with Crippen molar-refractivity contribution in [3.63, 3.8) is 0 Å². The zero-order valence-corrected chi connectivity index (χ0v) is 13.8. The van der Waals surface area contributed by atoms with E-state index in [0.29, 0.717) is 12.3 Å². The van der Waals surface area contributed by atoms with E-state index in [0.717, 1.165) is 23.7 Å². The van der Waals surface area contributed by atoms with Gasteiger partial charge < -0.3 is 10.6 Å². The maximum atomic E-state index is 12.2. The van der Waals surface area contributed by atoms with E-state index in [-0.39, 0.29) is 5.78 Å². The summed E-state index contributed by atoms with van der Waals surface area (Å²) in [6.07, 6.45) is 9.58. The molecule has 1 aliphatic heterocycles. The van der Waals surface area contributed by atoms with E-state index in [4.69, 9.17) is 5.73 Å². The Balaban J connectivity index is 1.93. The van der Waals surface area contributed by atoms with Crippen LogP contribution in [0.1, 0.15) is 79.4 Å². The van der Waals surface area contributed by atoms with Gasteiger partial charge in [0.25, 0.3) is 0 Å². The molecule has 1 saturated carbocycles. The highest BCUT2D eigenvalue weighted by atomic mass is 32.1. The molecule has 0 aromatic carbocycles. The number of carbonyl (C=O) groups is 1. The van der Waals surface area contributed by atoms with Gasteiger partial charge >= 0.3 is 0 Å². The van der Waals surface area contributed by atoms with Crippen LogP contribution in [0.2, 0.25) is 0 Å². The third kappa shape index (κ3) is 3.10. The Labute approximate surface area is 131 Å². The lowest BCUT2D eigenvalue weighted by Gasteiger charge is -2.26. The number of nitrogens with zero attached hydrogens (tertiary/aromatic N) is 1. The molecule has 2 N–H and O–H groups in total. The summed E-state index contributed by atoms with van der Waals surface area (Å²) < 4.78 is 0. The van der Waals surface area contributed by atoms with Crippen LogP contribution in [0.3, 0.4) is 0 Å². The maximum absolute atomic E-state index is 12.2. The number of ketones is 1. The van der Waals surface area contributed by atoms with E-state index in [1.807, 2.05) is 6.92 Å². The van der Waals surface area contributed by atoms with Crippen LogP contribution in [-0.2, 0) is 0 Å². The smallest absolute Gasteiger partial charge is 0.174 e. The average molecular weight is 306 g/mol. The summed E-state index contributed by atoms with van der Waals surface area (Å²) >= 11 is 1.66. The zero-order valence-electron chi connectivity index (χ0n) is 13.0. The summed E-state index contributed by atoms with van der Waals surface area (Å²) in [6.45, 7) is 4.17. The van der Waals surface area contributed by atoms with Crippen molar-refractivity contribution in [1.29, 1.82) is 0 Å². The van der Waals surface area contributed by atoms with E-state index in [9.17, 15) is 4.79 Å². The predicted octanol–water partition coefficient (Wildman–Crippen LogP) is 4.57. The van der Waals surface area contributed by atoms with E-state index in [1.165, 1.54) is 55.5 Å². The quantitative estimate of drug-likeness (QED) is 0.829. The first kappa shape index (κ1) is 14.9. The number of hydrogen-bond donors (Lipinski definition) is 1. The van der Waals surface area contributed by atoms with Gasteiger partial charge in [-0.3, -0.25) is 4.79 Å². The molecule has 0 amide bonds. The molecule has 1 aromatic heterocycles. The molecule has 0 unspecified atom stereocenters. The van der Waals surface area contributed by atoms with Crippen molar-refractivity contribution in [2.75, 3.05) is 23.7 Å². The molecule has 2 aliphatic rings. The topological polar surface area (TPSA) is 46.3 Å². The van der Waals surface area contributed by atoms with E-state index in [1.54, 1.807) is 11.3 Å². The van der Waals surface area contributed by atoms with Crippen molar-refractivity contribution < 1.29 is 4.79 Å². The van der Waals surface area contributed by atoms with Crippen LogP contribution in [0.25, 0.3) is 0 Å². The summed E-state index contributed by atoms with van der Waals surface area (Å²) in [5.41, 5.74) is 8.46. The highest BCUT2D eigenvalue weighted by Gasteiger charge is 2.34. The average Bonchev–Trinajstić information content (AvgIpc) is 3.22. The van der Waals surface area contributed by atoms with Crippen molar-refractivity contribution in [3.8, 4) is 0 Å². The predicted molar refractivity (Wildman–Crippen MR) is 90.6 cm³/mol. The molecule has 3 nitrogen and oxygen atoms in total. The molecule has 21 heavy (non-hydrogen) atoms. The van der Waals surface area contributed by atoms with Crippen LogP contribution < -0.4 is 10.6 Å². The Hall–Kier alpha value is -1.03. The second-order valence-corrected chi connectivity index (χ2v) is 7.37. The van der Waals surface area contributed by atoms with Gasteiger partial charge in [-0.2, -0.15) is 0 Å². The Bertz CT molecular complexity index is 511. The Morgan fingerprint density at radius 2 is 1.81 bits per heavy atom. The molecule has 0 radical (unpaired) electrons. The van der Waals surface area contributed by atoms with Crippen LogP contribution in [0.5, 0.6) is 0 Å². The van der Waals surface area contributed by atoms with Crippen molar-refractivity contribution in [3.05, 3.63) is 10.4 Å². The van der Waals surface area contributed by atoms with Gasteiger partial charge in [0.1, 0.15) is 0 Å². The lowest BCUT2D eigenvalue weighted by Crippen LogP contribution is -2.27. The monoisotopic (exact) mass is 306 g/mol. The molecule has 1 aromatic rings. The van der Waals surface area contributed by atoms with Crippen LogP contribution in [0.4, 0.5) is 10.7 Å². The number of carbonyl (C=O) groups excluding carboxylic acids is 1. The van der Waals surface area contributed by atoms with Gasteiger partial charge in [0.2, 0.25) is 0 Å². The number of nitrogens with two attached hydrogens (primary N) is 1. The fraction of sp³-hybridized carbons (Fsp3) is 0.706. The second-order valence-electron chi connectivity index (χ2n) is 6.37. The van der Waals surface area contributed by atoms with Crippen molar-refractivity contribution in [1.82, 2.24) is 0 Å². The van der Waals surface area contributed by atoms with E-state index >= 15 is 0 Å². The Kier molecular flexibility index (Phi) is 4.53. The van der Waals surface area contributed by atoms with Crippen LogP contribution in [0.15, 0.2) is 0 Å². The summed E-state index contributed by atoms with van der Waals surface area (Å²) in [7, 11) is 0. The Morgan fingerprint density at radius 1 is 1.19 bits per heavy atom. The first-order valence-electron chi connectivity index (χ1n) is 8.42. The number of nitrogen functional groups attached to an aromatic ring is 1. The molecule has 3 rings (SSSR count). The Morgan fingerprint density at radius 3 is 2.38 bits per heavy atom. The zero-order chi connectivity index (χ0) is 14.8. The minimum absolute atomic E-state index is 0.206.